The lowest BCUT2D eigenvalue weighted by Crippen LogP contribution is -2.48. The monoisotopic (exact) mass is 565 g/mol. The van der Waals surface area contributed by atoms with Crippen molar-refractivity contribution >= 4 is 41.6 Å². The number of aromatic nitrogens is 2. The van der Waals surface area contributed by atoms with E-state index >= 15 is 0 Å². The summed E-state index contributed by atoms with van der Waals surface area (Å²) in [4.78, 5) is 18.5. The first kappa shape index (κ1) is 25.5. The van der Waals surface area contributed by atoms with E-state index in [9.17, 15) is 0 Å². The van der Waals surface area contributed by atoms with Gasteiger partial charge in [-0.1, -0.05) is 6.07 Å². The van der Waals surface area contributed by atoms with Crippen LogP contribution in [0.1, 0.15) is 32.3 Å². The quantitative estimate of drug-likeness (QED) is 0.317. The van der Waals surface area contributed by atoms with E-state index in [1.807, 2.05) is 30.6 Å². The number of guanidine groups is 1. The molecule has 0 aliphatic carbocycles. The molecular formula is C24H36IN7O. The number of aliphatic imine (C=N–C) groups is 1. The van der Waals surface area contributed by atoms with Crippen LogP contribution in [0.25, 0.3) is 0 Å². The van der Waals surface area contributed by atoms with Crippen LogP contribution < -0.4 is 20.4 Å². The SMILES string of the molecule is CCNC(=NCc1ccnc(N2CCOC(C)C2)c1)NC1CCN(c2ccccn2)CC1.I. The number of ether oxygens (including phenoxy) is 1. The van der Waals surface area contributed by atoms with Gasteiger partial charge in [0.1, 0.15) is 11.6 Å². The topological polar surface area (TPSA) is 77.9 Å². The lowest BCUT2D eigenvalue weighted by Gasteiger charge is -2.33. The molecule has 4 heterocycles. The van der Waals surface area contributed by atoms with E-state index in [0.717, 1.165) is 75.3 Å². The fraction of sp³-hybridized carbons (Fsp3) is 0.542. The maximum absolute atomic E-state index is 5.66. The number of hydrogen-bond donors (Lipinski definition) is 2. The maximum atomic E-state index is 5.66. The van der Waals surface area contributed by atoms with E-state index < -0.39 is 0 Å². The number of piperidine rings is 1. The highest BCUT2D eigenvalue weighted by Crippen LogP contribution is 2.18. The minimum absolute atomic E-state index is 0. The Morgan fingerprint density at radius 3 is 2.64 bits per heavy atom. The minimum atomic E-state index is 0. The Kier molecular flexibility index (Phi) is 9.98. The second-order valence-corrected chi connectivity index (χ2v) is 8.44. The van der Waals surface area contributed by atoms with Crippen molar-refractivity contribution in [2.45, 2.75) is 45.4 Å². The van der Waals surface area contributed by atoms with E-state index in [-0.39, 0.29) is 30.1 Å². The molecule has 2 aromatic heterocycles. The van der Waals surface area contributed by atoms with Crippen molar-refractivity contribution in [2.24, 2.45) is 4.99 Å². The van der Waals surface area contributed by atoms with Gasteiger partial charge in [-0.2, -0.15) is 0 Å². The molecule has 9 heteroatoms. The number of pyridine rings is 2. The number of nitrogens with one attached hydrogen (secondary N) is 2. The summed E-state index contributed by atoms with van der Waals surface area (Å²) >= 11 is 0. The normalized spacial score (nSPS) is 19.7. The largest absolute Gasteiger partial charge is 0.375 e. The fourth-order valence-corrected chi connectivity index (χ4v) is 4.24. The van der Waals surface area contributed by atoms with Gasteiger partial charge in [0, 0.05) is 51.2 Å². The standard InChI is InChI=1S/C24H35N7O.HI/c1-3-25-24(29-21-8-12-30(13-9-21)22-6-4-5-10-26-22)28-17-20-7-11-27-23(16-20)31-14-15-32-19(2)18-31;/h4-7,10-11,16,19,21H,3,8-9,12-15,17-18H2,1-2H3,(H2,25,28,29);1H. The number of nitrogens with zero attached hydrogens (tertiary/aromatic N) is 5. The Bertz CT molecular complexity index is 874. The highest BCUT2D eigenvalue weighted by molar-refractivity contribution is 14.0. The molecule has 2 aliphatic heterocycles. The molecular weight excluding hydrogens is 529 g/mol. The van der Waals surface area contributed by atoms with Crippen molar-refractivity contribution in [1.82, 2.24) is 20.6 Å². The Labute approximate surface area is 214 Å². The molecule has 180 valence electrons. The molecule has 0 saturated carbocycles. The van der Waals surface area contributed by atoms with Crippen LogP contribution in [0.3, 0.4) is 0 Å². The number of anilines is 2. The number of halogens is 1. The first-order valence-corrected chi connectivity index (χ1v) is 11.7. The fourth-order valence-electron chi connectivity index (χ4n) is 4.24. The second-order valence-electron chi connectivity index (χ2n) is 8.44. The van der Waals surface area contributed by atoms with E-state index in [4.69, 9.17) is 9.73 Å². The van der Waals surface area contributed by atoms with Crippen molar-refractivity contribution < 1.29 is 4.74 Å². The Morgan fingerprint density at radius 1 is 1.09 bits per heavy atom. The summed E-state index contributed by atoms with van der Waals surface area (Å²) in [6, 6.07) is 10.7. The molecule has 2 N–H and O–H groups in total. The van der Waals surface area contributed by atoms with Crippen LogP contribution in [0.4, 0.5) is 11.6 Å². The Balaban J connectivity index is 0.00000306. The van der Waals surface area contributed by atoms with Gasteiger partial charge in [0.25, 0.3) is 0 Å². The third kappa shape index (κ3) is 7.43. The van der Waals surface area contributed by atoms with Gasteiger partial charge >= 0.3 is 0 Å². The van der Waals surface area contributed by atoms with Crippen LogP contribution in [0.15, 0.2) is 47.7 Å². The summed E-state index contributed by atoms with van der Waals surface area (Å²) in [6.45, 7) is 10.2. The molecule has 2 fully saturated rings. The highest BCUT2D eigenvalue weighted by Gasteiger charge is 2.21. The second kappa shape index (κ2) is 12.9. The van der Waals surface area contributed by atoms with Crippen LogP contribution in [0, 0.1) is 0 Å². The van der Waals surface area contributed by atoms with Gasteiger partial charge in [-0.3, -0.25) is 0 Å². The average Bonchev–Trinajstić information content (AvgIpc) is 2.84. The van der Waals surface area contributed by atoms with E-state index in [1.54, 1.807) is 0 Å². The molecule has 33 heavy (non-hydrogen) atoms. The Morgan fingerprint density at radius 2 is 1.91 bits per heavy atom. The van der Waals surface area contributed by atoms with Gasteiger partial charge < -0.3 is 25.2 Å². The number of morpholine rings is 1. The Hall–Kier alpha value is -2.14. The molecule has 0 bridgehead atoms. The van der Waals surface area contributed by atoms with Crippen LogP contribution in [0.5, 0.6) is 0 Å². The summed E-state index contributed by atoms with van der Waals surface area (Å²) in [6.07, 6.45) is 6.11. The zero-order valence-electron chi connectivity index (χ0n) is 19.6. The van der Waals surface area contributed by atoms with Crippen LogP contribution >= 0.6 is 24.0 Å². The zero-order valence-corrected chi connectivity index (χ0v) is 21.9. The van der Waals surface area contributed by atoms with Crippen molar-refractivity contribution in [3.8, 4) is 0 Å². The zero-order chi connectivity index (χ0) is 22.2. The molecule has 0 amide bonds. The molecule has 1 unspecified atom stereocenters. The molecule has 0 aromatic carbocycles. The van der Waals surface area contributed by atoms with Crippen LogP contribution in [-0.4, -0.2) is 67.4 Å². The van der Waals surface area contributed by atoms with Gasteiger partial charge in [-0.25, -0.2) is 15.0 Å². The van der Waals surface area contributed by atoms with Gasteiger partial charge in [0.05, 0.1) is 19.3 Å². The predicted molar refractivity (Wildman–Crippen MR) is 145 cm³/mol. The summed E-state index contributed by atoms with van der Waals surface area (Å²) in [7, 11) is 0. The third-order valence-corrected chi connectivity index (χ3v) is 5.95. The predicted octanol–water partition coefficient (Wildman–Crippen LogP) is 3.04. The van der Waals surface area contributed by atoms with Crippen LogP contribution in [0.2, 0.25) is 0 Å². The number of hydrogen-bond acceptors (Lipinski definition) is 6. The molecule has 0 spiro atoms. The highest BCUT2D eigenvalue weighted by atomic mass is 127. The van der Waals surface area contributed by atoms with Gasteiger partial charge in [0.15, 0.2) is 5.96 Å². The lowest BCUT2D eigenvalue weighted by atomic mass is 10.1. The van der Waals surface area contributed by atoms with Crippen molar-refractivity contribution in [3.63, 3.8) is 0 Å². The average molecular weight is 566 g/mol. The molecule has 2 aliphatic rings. The molecule has 2 aromatic rings. The van der Waals surface area contributed by atoms with Gasteiger partial charge in [-0.05, 0) is 56.5 Å². The summed E-state index contributed by atoms with van der Waals surface area (Å²) in [5.41, 5.74) is 1.16. The summed E-state index contributed by atoms with van der Waals surface area (Å²) in [5, 5.41) is 7.03. The van der Waals surface area contributed by atoms with E-state index in [2.05, 4.69) is 56.4 Å². The van der Waals surface area contributed by atoms with Crippen molar-refractivity contribution in [3.05, 3.63) is 48.3 Å². The molecule has 2 saturated heterocycles. The maximum Gasteiger partial charge on any atom is 0.191 e. The minimum Gasteiger partial charge on any atom is -0.375 e. The van der Waals surface area contributed by atoms with Crippen molar-refractivity contribution in [2.75, 3.05) is 49.1 Å². The summed E-state index contributed by atoms with van der Waals surface area (Å²) < 4.78 is 5.66. The van der Waals surface area contributed by atoms with E-state index in [0.29, 0.717) is 12.6 Å². The summed E-state index contributed by atoms with van der Waals surface area (Å²) in [5.74, 6) is 2.95. The molecule has 8 nitrogen and oxygen atoms in total. The van der Waals surface area contributed by atoms with E-state index in [1.165, 1.54) is 0 Å². The molecule has 0 radical (unpaired) electrons. The van der Waals surface area contributed by atoms with Gasteiger partial charge in [-0.15, -0.1) is 24.0 Å². The first-order valence-electron chi connectivity index (χ1n) is 11.7. The molecule has 1 atom stereocenters. The first-order chi connectivity index (χ1) is 15.7. The smallest absolute Gasteiger partial charge is 0.191 e. The molecule has 4 rings (SSSR count). The number of rotatable bonds is 6. The third-order valence-electron chi connectivity index (χ3n) is 5.95. The van der Waals surface area contributed by atoms with Crippen LogP contribution in [-0.2, 0) is 11.3 Å². The van der Waals surface area contributed by atoms with Gasteiger partial charge in [0.2, 0.25) is 0 Å². The lowest BCUT2D eigenvalue weighted by molar-refractivity contribution is 0.0529. The van der Waals surface area contributed by atoms with Crippen molar-refractivity contribution in [1.29, 1.82) is 0 Å².